The molecule has 0 aliphatic carbocycles. The molecule has 0 amide bonds. The van der Waals surface area contributed by atoms with Gasteiger partial charge in [0.15, 0.2) is 5.76 Å². The van der Waals surface area contributed by atoms with Crippen molar-refractivity contribution in [1.82, 2.24) is 15.0 Å². The number of morpholine rings is 1. The van der Waals surface area contributed by atoms with Crippen molar-refractivity contribution in [3.8, 4) is 23.0 Å². The Hall–Kier alpha value is -3.69. The van der Waals surface area contributed by atoms with E-state index in [4.69, 9.17) is 23.2 Å². The third-order valence-corrected chi connectivity index (χ3v) is 5.42. The lowest BCUT2D eigenvalue weighted by Crippen LogP contribution is -2.38. The molecule has 1 aliphatic rings. The minimum atomic E-state index is -0.539. The quantitative estimate of drug-likeness (QED) is 0.309. The highest BCUT2D eigenvalue weighted by Gasteiger charge is 2.22. The van der Waals surface area contributed by atoms with Crippen LogP contribution in [0.1, 0.15) is 16.1 Å². The maximum atomic E-state index is 13.0. The van der Waals surface area contributed by atoms with Crippen molar-refractivity contribution >= 4 is 17.1 Å². The summed E-state index contributed by atoms with van der Waals surface area (Å²) in [5.41, 5.74) is 1.56. The first-order valence-corrected chi connectivity index (χ1v) is 10.7. The van der Waals surface area contributed by atoms with Crippen molar-refractivity contribution in [3.63, 3.8) is 0 Å². The van der Waals surface area contributed by atoms with Crippen LogP contribution in [0.4, 0.5) is 0 Å². The van der Waals surface area contributed by atoms with Gasteiger partial charge in [0.2, 0.25) is 0 Å². The van der Waals surface area contributed by atoms with Crippen LogP contribution in [0.5, 0.6) is 11.5 Å². The van der Waals surface area contributed by atoms with Crippen molar-refractivity contribution in [2.45, 2.75) is 6.92 Å². The van der Waals surface area contributed by atoms with Gasteiger partial charge in [-0.15, -0.1) is 0 Å². The fraction of sp³-hybridized carbons (Fsp3) is 0.292. The van der Waals surface area contributed by atoms with E-state index in [1.54, 1.807) is 49.4 Å². The van der Waals surface area contributed by atoms with E-state index in [0.29, 0.717) is 46.2 Å². The molecule has 4 aromatic rings. The lowest BCUT2D eigenvalue weighted by molar-refractivity contribution is 0.0322. The van der Waals surface area contributed by atoms with E-state index in [9.17, 15) is 4.79 Å². The number of carbonyl (C=O) groups excluding carboxylic acids is 1. The summed E-state index contributed by atoms with van der Waals surface area (Å²) < 4.78 is 27.5. The SMILES string of the molecule is Cc1noc2nc(-c3ccco3)cc(C(=O)Oc3ccc(OCCN4CCOCC4)cc3)c12. The number of aromatic nitrogens is 2. The Kier molecular flexibility index (Phi) is 6.05. The molecule has 0 radical (unpaired) electrons. The van der Waals surface area contributed by atoms with E-state index < -0.39 is 5.97 Å². The number of fused-ring (bicyclic) bond motifs is 1. The minimum Gasteiger partial charge on any atom is -0.492 e. The lowest BCUT2D eigenvalue weighted by Gasteiger charge is -2.26. The maximum absolute atomic E-state index is 13.0. The Morgan fingerprint density at radius 2 is 1.91 bits per heavy atom. The van der Waals surface area contributed by atoms with Crippen LogP contribution in [0.25, 0.3) is 22.6 Å². The van der Waals surface area contributed by atoms with Gasteiger partial charge in [-0.2, -0.15) is 0 Å². The molecule has 0 N–H and O–H groups in total. The summed E-state index contributed by atoms with van der Waals surface area (Å²) in [5, 5.41) is 4.45. The molecule has 1 fully saturated rings. The van der Waals surface area contributed by atoms with Gasteiger partial charge < -0.3 is 23.2 Å². The standard InChI is InChI=1S/C24H23N3O6/c1-16-22-19(15-20(21-3-2-11-31-21)25-23(22)33-26-16)24(28)32-18-6-4-17(5-7-18)30-14-10-27-8-12-29-13-9-27/h2-7,11,15H,8-10,12-14H2,1H3. The Labute approximate surface area is 189 Å². The third kappa shape index (κ3) is 4.74. The Balaban J connectivity index is 1.28. The third-order valence-electron chi connectivity index (χ3n) is 5.42. The maximum Gasteiger partial charge on any atom is 0.344 e. The second-order valence-corrected chi connectivity index (χ2v) is 7.64. The molecule has 0 bridgehead atoms. The molecule has 0 unspecified atom stereocenters. The molecule has 3 aromatic heterocycles. The number of rotatable bonds is 7. The van der Waals surface area contributed by atoms with Crippen LogP contribution in [0.3, 0.4) is 0 Å². The Morgan fingerprint density at radius 3 is 2.67 bits per heavy atom. The molecule has 4 heterocycles. The molecule has 1 aliphatic heterocycles. The second kappa shape index (κ2) is 9.43. The van der Waals surface area contributed by atoms with E-state index in [-0.39, 0.29) is 5.71 Å². The molecule has 1 aromatic carbocycles. The van der Waals surface area contributed by atoms with Gasteiger partial charge in [0, 0.05) is 19.6 Å². The van der Waals surface area contributed by atoms with Crippen LogP contribution in [-0.2, 0) is 4.74 Å². The number of pyridine rings is 1. The summed E-state index contributed by atoms with van der Waals surface area (Å²) in [6.45, 7) is 6.55. The molecular weight excluding hydrogens is 426 g/mol. The Morgan fingerprint density at radius 1 is 1.12 bits per heavy atom. The topological polar surface area (TPSA) is 100 Å². The van der Waals surface area contributed by atoms with Gasteiger partial charge in [-0.25, -0.2) is 9.78 Å². The molecule has 5 rings (SSSR count). The van der Waals surface area contributed by atoms with Crippen LogP contribution in [0.15, 0.2) is 57.7 Å². The fourth-order valence-corrected chi connectivity index (χ4v) is 3.69. The molecular formula is C24H23N3O6. The largest absolute Gasteiger partial charge is 0.492 e. The van der Waals surface area contributed by atoms with Crippen LogP contribution in [-0.4, -0.2) is 60.5 Å². The first-order chi connectivity index (χ1) is 16.2. The summed E-state index contributed by atoms with van der Waals surface area (Å²) in [4.78, 5) is 19.7. The second-order valence-electron chi connectivity index (χ2n) is 7.64. The van der Waals surface area contributed by atoms with Crippen LogP contribution in [0, 0.1) is 6.92 Å². The monoisotopic (exact) mass is 449 g/mol. The van der Waals surface area contributed by atoms with Gasteiger partial charge in [-0.3, -0.25) is 4.90 Å². The summed E-state index contributed by atoms with van der Waals surface area (Å²) >= 11 is 0. The van der Waals surface area contributed by atoms with E-state index in [0.717, 1.165) is 32.8 Å². The zero-order valence-electron chi connectivity index (χ0n) is 18.2. The molecule has 0 saturated carbocycles. The number of furan rings is 1. The zero-order valence-corrected chi connectivity index (χ0v) is 18.2. The van der Waals surface area contributed by atoms with Crippen LogP contribution < -0.4 is 9.47 Å². The predicted octanol–water partition coefficient (Wildman–Crippen LogP) is 3.72. The van der Waals surface area contributed by atoms with Gasteiger partial charge >= 0.3 is 5.97 Å². The average molecular weight is 449 g/mol. The first kappa shape index (κ1) is 21.2. The molecule has 9 nitrogen and oxygen atoms in total. The summed E-state index contributed by atoms with van der Waals surface area (Å²) in [7, 11) is 0. The van der Waals surface area contributed by atoms with Crippen LogP contribution >= 0.6 is 0 Å². The zero-order chi connectivity index (χ0) is 22.6. The van der Waals surface area contributed by atoms with Crippen molar-refractivity contribution in [2.24, 2.45) is 0 Å². The van der Waals surface area contributed by atoms with E-state index >= 15 is 0 Å². The van der Waals surface area contributed by atoms with Crippen LogP contribution in [0.2, 0.25) is 0 Å². The van der Waals surface area contributed by atoms with Crippen molar-refractivity contribution < 1.29 is 27.9 Å². The molecule has 1 saturated heterocycles. The van der Waals surface area contributed by atoms with Gasteiger partial charge in [0.1, 0.15) is 23.8 Å². The van der Waals surface area contributed by atoms with E-state index in [1.807, 2.05) is 0 Å². The smallest absolute Gasteiger partial charge is 0.344 e. The normalized spacial score (nSPS) is 14.5. The number of hydrogen-bond acceptors (Lipinski definition) is 9. The van der Waals surface area contributed by atoms with Crippen molar-refractivity contribution in [1.29, 1.82) is 0 Å². The van der Waals surface area contributed by atoms with E-state index in [2.05, 4.69) is 15.0 Å². The average Bonchev–Trinajstić information content (AvgIpc) is 3.51. The molecule has 0 atom stereocenters. The number of esters is 1. The number of carbonyl (C=O) groups is 1. The highest BCUT2D eigenvalue weighted by atomic mass is 16.5. The highest BCUT2D eigenvalue weighted by molar-refractivity contribution is 6.05. The molecule has 0 spiro atoms. The van der Waals surface area contributed by atoms with Gasteiger partial charge in [0.25, 0.3) is 5.71 Å². The van der Waals surface area contributed by atoms with Gasteiger partial charge in [0.05, 0.1) is 36.1 Å². The number of nitrogens with zero attached hydrogens (tertiary/aromatic N) is 3. The molecule has 170 valence electrons. The van der Waals surface area contributed by atoms with E-state index in [1.165, 1.54) is 6.26 Å². The highest BCUT2D eigenvalue weighted by Crippen LogP contribution is 2.28. The molecule has 33 heavy (non-hydrogen) atoms. The predicted molar refractivity (Wildman–Crippen MR) is 118 cm³/mol. The Bertz CT molecular complexity index is 1230. The summed E-state index contributed by atoms with van der Waals surface area (Å²) in [6, 6.07) is 12.1. The molecule has 9 heteroatoms. The van der Waals surface area contributed by atoms with Crippen molar-refractivity contribution in [2.75, 3.05) is 39.5 Å². The fourth-order valence-electron chi connectivity index (χ4n) is 3.69. The van der Waals surface area contributed by atoms with Gasteiger partial charge in [-0.05, 0) is 49.4 Å². The minimum absolute atomic E-state index is 0.248. The summed E-state index contributed by atoms with van der Waals surface area (Å²) in [6.07, 6.45) is 1.54. The summed E-state index contributed by atoms with van der Waals surface area (Å²) in [5.74, 6) is 1.09. The number of aryl methyl sites for hydroxylation is 1. The lowest BCUT2D eigenvalue weighted by atomic mass is 10.1. The number of hydrogen-bond donors (Lipinski definition) is 0. The number of ether oxygens (including phenoxy) is 3. The van der Waals surface area contributed by atoms with Gasteiger partial charge in [-0.1, -0.05) is 5.16 Å². The first-order valence-electron chi connectivity index (χ1n) is 10.7. The van der Waals surface area contributed by atoms with Crippen molar-refractivity contribution in [3.05, 3.63) is 60.0 Å². The number of benzene rings is 1.